The summed E-state index contributed by atoms with van der Waals surface area (Å²) in [7, 11) is 1.85. The third-order valence-corrected chi connectivity index (χ3v) is 9.61. The largest absolute Gasteiger partial charge is 0.384 e. The first kappa shape index (κ1) is 27.3. The Morgan fingerprint density at radius 3 is 2.00 bits per heavy atom. The molecule has 0 bridgehead atoms. The van der Waals surface area contributed by atoms with Crippen LogP contribution in [0.5, 0.6) is 0 Å². The molecule has 0 saturated heterocycles. The molecule has 0 aromatic rings. The van der Waals surface area contributed by atoms with Crippen LogP contribution >= 0.6 is 0 Å². The highest BCUT2D eigenvalue weighted by Crippen LogP contribution is 2.42. The summed E-state index contributed by atoms with van der Waals surface area (Å²) >= 11 is 0. The summed E-state index contributed by atoms with van der Waals surface area (Å²) in [5.41, 5.74) is 1.30. The van der Waals surface area contributed by atoms with Gasteiger partial charge < -0.3 is 9.47 Å². The molecule has 2 nitrogen and oxygen atoms in total. The second kappa shape index (κ2) is 14.9. The second-order valence-corrected chi connectivity index (χ2v) is 12.3. The number of hydrogen-bond acceptors (Lipinski definition) is 2. The van der Waals surface area contributed by atoms with Crippen molar-refractivity contribution in [1.29, 1.82) is 0 Å². The van der Waals surface area contributed by atoms with E-state index in [1.807, 2.05) is 7.11 Å². The predicted octanol–water partition coefficient (Wildman–Crippen LogP) is 8.98. The molecule has 3 aliphatic rings. The van der Waals surface area contributed by atoms with Crippen molar-refractivity contribution in [2.75, 3.05) is 20.3 Å². The minimum atomic E-state index is 0.550. The summed E-state index contributed by atoms with van der Waals surface area (Å²) in [4.78, 5) is 0. The zero-order chi connectivity index (χ0) is 23.5. The quantitative estimate of drug-likeness (QED) is 0.202. The van der Waals surface area contributed by atoms with Gasteiger partial charge in [-0.05, 0) is 113 Å². The first-order chi connectivity index (χ1) is 16.1. The molecule has 3 fully saturated rings. The molecule has 3 aliphatic carbocycles. The van der Waals surface area contributed by atoms with Crippen LogP contribution in [-0.4, -0.2) is 26.4 Å². The SMILES string of the molecule is C=C(C)CC(COC)C1CCC(COC2CCC(C3CCC(CCCCC)CC3)CC2)CC1. The standard InChI is InChI=1S/C31H56O2/c1-5-6-7-8-25-9-13-27(14-10-25)28-17-19-31(20-18-28)33-22-26-11-15-29(16-12-26)30(23-32-4)21-24(2)3/h25-31H,2,5-23H2,1,3-4H3. The molecule has 0 amide bonds. The molecule has 1 unspecified atom stereocenters. The van der Waals surface area contributed by atoms with Gasteiger partial charge in [-0.1, -0.05) is 51.0 Å². The van der Waals surface area contributed by atoms with Crippen LogP contribution in [0, 0.1) is 35.5 Å². The molecule has 0 aromatic carbocycles. The molecule has 0 spiro atoms. The normalized spacial score (nSPS) is 34.2. The summed E-state index contributed by atoms with van der Waals surface area (Å²) in [5.74, 6) is 5.35. The maximum Gasteiger partial charge on any atom is 0.0575 e. The fourth-order valence-corrected chi connectivity index (χ4v) is 7.48. The zero-order valence-electron chi connectivity index (χ0n) is 22.5. The fourth-order valence-electron chi connectivity index (χ4n) is 7.48. The average molecular weight is 461 g/mol. The van der Waals surface area contributed by atoms with Crippen molar-refractivity contribution < 1.29 is 9.47 Å². The molecular formula is C31H56O2. The zero-order valence-corrected chi connectivity index (χ0v) is 22.5. The molecule has 0 aliphatic heterocycles. The number of methoxy groups -OCH3 is 1. The number of ether oxygens (including phenoxy) is 2. The first-order valence-corrected chi connectivity index (χ1v) is 14.8. The Bertz CT molecular complexity index is 519. The van der Waals surface area contributed by atoms with Crippen LogP contribution in [-0.2, 0) is 9.47 Å². The Morgan fingerprint density at radius 1 is 0.818 bits per heavy atom. The van der Waals surface area contributed by atoms with Crippen LogP contribution in [0.25, 0.3) is 0 Å². The van der Waals surface area contributed by atoms with E-state index in [-0.39, 0.29) is 0 Å². The molecular weight excluding hydrogens is 404 g/mol. The molecule has 2 heteroatoms. The van der Waals surface area contributed by atoms with Crippen molar-refractivity contribution in [2.24, 2.45) is 35.5 Å². The Labute approximate surface area is 206 Å². The third kappa shape index (κ3) is 9.32. The van der Waals surface area contributed by atoms with Crippen LogP contribution in [0.3, 0.4) is 0 Å². The number of hydrogen-bond donors (Lipinski definition) is 0. The highest BCUT2D eigenvalue weighted by atomic mass is 16.5. The van der Waals surface area contributed by atoms with E-state index < -0.39 is 0 Å². The van der Waals surface area contributed by atoms with Gasteiger partial charge in [0, 0.05) is 20.3 Å². The average Bonchev–Trinajstić information content (AvgIpc) is 2.84. The summed E-state index contributed by atoms with van der Waals surface area (Å²) < 4.78 is 12.0. The Morgan fingerprint density at radius 2 is 1.42 bits per heavy atom. The number of allylic oxidation sites excluding steroid dienone is 1. The van der Waals surface area contributed by atoms with Crippen LogP contribution in [0.4, 0.5) is 0 Å². The van der Waals surface area contributed by atoms with Crippen molar-refractivity contribution in [1.82, 2.24) is 0 Å². The lowest BCUT2D eigenvalue weighted by Gasteiger charge is -2.38. The monoisotopic (exact) mass is 460 g/mol. The van der Waals surface area contributed by atoms with Crippen molar-refractivity contribution in [3.05, 3.63) is 12.2 Å². The fraction of sp³-hybridized carbons (Fsp3) is 0.935. The van der Waals surface area contributed by atoms with Crippen LogP contribution in [0.2, 0.25) is 0 Å². The lowest BCUT2D eigenvalue weighted by Crippen LogP contribution is -2.31. The Balaban J connectivity index is 1.27. The lowest BCUT2D eigenvalue weighted by atomic mass is 9.70. The van der Waals surface area contributed by atoms with Crippen molar-refractivity contribution in [2.45, 2.75) is 129 Å². The third-order valence-electron chi connectivity index (χ3n) is 9.61. The van der Waals surface area contributed by atoms with Crippen molar-refractivity contribution in [3.8, 4) is 0 Å². The number of rotatable bonds is 13. The van der Waals surface area contributed by atoms with E-state index >= 15 is 0 Å². The summed E-state index contributed by atoms with van der Waals surface area (Å²) in [6.45, 7) is 10.5. The minimum Gasteiger partial charge on any atom is -0.384 e. The molecule has 0 N–H and O–H groups in total. The topological polar surface area (TPSA) is 18.5 Å². The van der Waals surface area contributed by atoms with Gasteiger partial charge in [0.05, 0.1) is 6.10 Å². The van der Waals surface area contributed by atoms with E-state index in [2.05, 4.69) is 20.4 Å². The van der Waals surface area contributed by atoms with Crippen LogP contribution < -0.4 is 0 Å². The highest BCUT2D eigenvalue weighted by Gasteiger charge is 2.32. The molecule has 1 atom stereocenters. The molecule has 192 valence electrons. The molecule has 33 heavy (non-hydrogen) atoms. The Kier molecular flexibility index (Phi) is 12.3. The molecule has 0 aromatic heterocycles. The van der Waals surface area contributed by atoms with Gasteiger partial charge in [-0.15, -0.1) is 6.58 Å². The van der Waals surface area contributed by atoms with Gasteiger partial charge in [-0.2, -0.15) is 0 Å². The van der Waals surface area contributed by atoms with Crippen LogP contribution in [0.1, 0.15) is 123 Å². The molecule has 3 rings (SSSR count). The van der Waals surface area contributed by atoms with Gasteiger partial charge in [-0.3, -0.25) is 0 Å². The van der Waals surface area contributed by atoms with Gasteiger partial charge in [0.25, 0.3) is 0 Å². The predicted molar refractivity (Wildman–Crippen MR) is 142 cm³/mol. The summed E-state index contributed by atoms with van der Waals surface area (Å²) in [6, 6.07) is 0. The van der Waals surface area contributed by atoms with Crippen molar-refractivity contribution >= 4 is 0 Å². The Hall–Kier alpha value is -0.340. The van der Waals surface area contributed by atoms with E-state index in [0.717, 1.165) is 49.2 Å². The lowest BCUT2D eigenvalue weighted by molar-refractivity contribution is -0.0199. The minimum absolute atomic E-state index is 0.550. The van der Waals surface area contributed by atoms with Gasteiger partial charge in [0.2, 0.25) is 0 Å². The molecule has 0 heterocycles. The maximum atomic E-state index is 6.50. The van der Waals surface area contributed by atoms with E-state index in [1.54, 1.807) is 0 Å². The van der Waals surface area contributed by atoms with Crippen molar-refractivity contribution in [3.63, 3.8) is 0 Å². The van der Waals surface area contributed by atoms with E-state index in [9.17, 15) is 0 Å². The van der Waals surface area contributed by atoms with Gasteiger partial charge >= 0.3 is 0 Å². The van der Waals surface area contributed by atoms with Gasteiger partial charge in [0.1, 0.15) is 0 Å². The van der Waals surface area contributed by atoms with Crippen LogP contribution in [0.15, 0.2) is 12.2 Å². The smallest absolute Gasteiger partial charge is 0.0575 e. The second-order valence-electron chi connectivity index (χ2n) is 12.3. The van der Waals surface area contributed by atoms with E-state index in [1.165, 1.54) is 108 Å². The maximum absolute atomic E-state index is 6.50. The highest BCUT2D eigenvalue weighted by molar-refractivity contribution is 4.93. The van der Waals surface area contributed by atoms with E-state index in [4.69, 9.17) is 9.47 Å². The van der Waals surface area contributed by atoms with E-state index in [0.29, 0.717) is 12.0 Å². The molecule has 0 radical (unpaired) electrons. The number of unbranched alkanes of at least 4 members (excludes halogenated alkanes) is 2. The van der Waals surface area contributed by atoms with Gasteiger partial charge in [-0.25, -0.2) is 0 Å². The summed E-state index contributed by atoms with van der Waals surface area (Å²) in [5, 5.41) is 0. The first-order valence-electron chi connectivity index (χ1n) is 14.8. The van der Waals surface area contributed by atoms with Gasteiger partial charge in [0.15, 0.2) is 0 Å². The molecule has 3 saturated carbocycles. The summed E-state index contributed by atoms with van der Waals surface area (Å²) in [6.07, 6.45) is 24.4.